The molecule has 1 amide bonds. The predicted molar refractivity (Wildman–Crippen MR) is 71.5 cm³/mol. The minimum atomic E-state index is -0.249. The van der Waals surface area contributed by atoms with E-state index in [1.807, 2.05) is 25.1 Å². The second-order valence-electron chi connectivity index (χ2n) is 4.17. The third kappa shape index (κ3) is 4.22. The number of carbonyl (C=O) groups is 1. The van der Waals surface area contributed by atoms with Crippen LogP contribution in [0.2, 0.25) is 0 Å². The molecule has 0 heterocycles. The Hall–Kier alpha value is -1.81. The molecule has 0 aliphatic carbocycles. The maximum atomic E-state index is 11.5. The number of aliphatic hydroxyl groups excluding tert-OH is 1. The average Bonchev–Trinajstić information content (AvgIpc) is 2.36. The van der Waals surface area contributed by atoms with Crippen LogP contribution in [0.5, 0.6) is 5.75 Å². The fourth-order valence-electron chi connectivity index (χ4n) is 1.49. The highest BCUT2D eigenvalue weighted by molar-refractivity contribution is 5.92. The molecule has 0 spiro atoms. The van der Waals surface area contributed by atoms with E-state index < -0.39 is 0 Å². The van der Waals surface area contributed by atoms with Gasteiger partial charge in [-0.1, -0.05) is 11.6 Å². The number of carbonyl (C=O) groups excluding carboxylic acids is 1. The Balaban J connectivity index is 2.77. The van der Waals surface area contributed by atoms with Crippen molar-refractivity contribution in [3.05, 3.63) is 35.4 Å². The van der Waals surface area contributed by atoms with Gasteiger partial charge in [0.25, 0.3) is 0 Å². The average molecular weight is 249 g/mol. The molecular formula is C14H19NO3. The topological polar surface area (TPSA) is 58.6 Å². The van der Waals surface area contributed by atoms with Gasteiger partial charge in [0.2, 0.25) is 5.91 Å². The summed E-state index contributed by atoms with van der Waals surface area (Å²) in [7, 11) is 1.59. The Morgan fingerprint density at radius 1 is 1.56 bits per heavy atom. The lowest BCUT2D eigenvalue weighted by atomic mass is 10.1. The third-order valence-electron chi connectivity index (χ3n) is 2.46. The number of aryl methyl sites for hydroxylation is 1. The third-order valence-corrected chi connectivity index (χ3v) is 2.46. The van der Waals surface area contributed by atoms with Gasteiger partial charge in [-0.3, -0.25) is 4.79 Å². The van der Waals surface area contributed by atoms with Gasteiger partial charge in [-0.15, -0.1) is 0 Å². The molecule has 0 aliphatic rings. The summed E-state index contributed by atoms with van der Waals surface area (Å²) < 4.78 is 5.21. The van der Waals surface area contributed by atoms with Crippen molar-refractivity contribution in [2.75, 3.05) is 13.7 Å². The monoisotopic (exact) mass is 249 g/mol. The van der Waals surface area contributed by atoms with E-state index in [2.05, 4.69) is 5.32 Å². The Morgan fingerprint density at radius 2 is 2.28 bits per heavy atom. The normalized spacial score (nSPS) is 12.4. The van der Waals surface area contributed by atoms with Crippen molar-refractivity contribution < 1.29 is 14.6 Å². The molecule has 0 fully saturated rings. The number of aliphatic hydroxyl groups is 1. The van der Waals surface area contributed by atoms with Crippen LogP contribution in [0.25, 0.3) is 6.08 Å². The summed E-state index contributed by atoms with van der Waals surface area (Å²) in [5, 5.41) is 11.5. The SMILES string of the molecule is COc1ccc(C)cc1C=CC(=O)N[C@H](C)CO. The molecule has 1 aromatic rings. The molecule has 4 nitrogen and oxygen atoms in total. The fourth-order valence-corrected chi connectivity index (χ4v) is 1.49. The van der Waals surface area contributed by atoms with Gasteiger partial charge < -0.3 is 15.2 Å². The van der Waals surface area contributed by atoms with Gasteiger partial charge in [0.15, 0.2) is 0 Å². The first-order chi connectivity index (χ1) is 8.56. The summed E-state index contributed by atoms with van der Waals surface area (Å²) >= 11 is 0. The molecule has 0 saturated carbocycles. The molecule has 1 aromatic carbocycles. The van der Waals surface area contributed by atoms with Crippen LogP contribution < -0.4 is 10.1 Å². The minimum absolute atomic E-state index is 0.0760. The van der Waals surface area contributed by atoms with Crippen LogP contribution in [-0.2, 0) is 4.79 Å². The zero-order chi connectivity index (χ0) is 13.5. The van der Waals surface area contributed by atoms with Crippen LogP contribution >= 0.6 is 0 Å². The summed E-state index contributed by atoms with van der Waals surface area (Å²) in [5.41, 5.74) is 1.95. The molecule has 1 atom stereocenters. The van der Waals surface area contributed by atoms with E-state index in [0.29, 0.717) is 0 Å². The largest absolute Gasteiger partial charge is 0.496 e. The molecule has 0 aliphatic heterocycles. The summed E-state index contributed by atoms with van der Waals surface area (Å²) in [6.45, 7) is 3.64. The smallest absolute Gasteiger partial charge is 0.244 e. The Labute approximate surface area is 107 Å². The standard InChI is InChI=1S/C14H19NO3/c1-10-4-6-13(18-3)12(8-10)5-7-14(17)15-11(2)9-16/h4-8,11,16H,9H2,1-3H3,(H,15,17)/t11-/m1/s1. The van der Waals surface area contributed by atoms with Crippen molar-refractivity contribution in [2.45, 2.75) is 19.9 Å². The van der Waals surface area contributed by atoms with Crippen LogP contribution in [0.4, 0.5) is 0 Å². The fraction of sp³-hybridized carbons (Fsp3) is 0.357. The highest BCUT2D eigenvalue weighted by atomic mass is 16.5. The first kappa shape index (κ1) is 14.3. The van der Waals surface area contributed by atoms with Gasteiger partial charge in [-0.2, -0.15) is 0 Å². The Morgan fingerprint density at radius 3 is 2.89 bits per heavy atom. The minimum Gasteiger partial charge on any atom is -0.496 e. The second kappa shape index (κ2) is 6.81. The Kier molecular flexibility index (Phi) is 5.39. The molecule has 18 heavy (non-hydrogen) atoms. The van der Waals surface area contributed by atoms with Gasteiger partial charge in [0, 0.05) is 17.7 Å². The molecule has 0 aromatic heterocycles. The molecule has 2 N–H and O–H groups in total. The molecule has 0 saturated heterocycles. The lowest BCUT2D eigenvalue weighted by Gasteiger charge is -2.08. The predicted octanol–water partition coefficient (Wildman–Crippen LogP) is 1.51. The van der Waals surface area contributed by atoms with Crippen molar-refractivity contribution >= 4 is 12.0 Å². The van der Waals surface area contributed by atoms with E-state index in [1.165, 1.54) is 6.08 Å². The molecule has 0 unspecified atom stereocenters. The van der Waals surface area contributed by atoms with Crippen molar-refractivity contribution in [3.63, 3.8) is 0 Å². The molecule has 1 rings (SSSR count). The van der Waals surface area contributed by atoms with E-state index in [0.717, 1.165) is 16.9 Å². The zero-order valence-electron chi connectivity index (χ0n) is 10.9. The number of amides is 1. The van der Waals surface area contributed by atoms with E-state index in [-0.39, 0.29) is 18.6 Å². The maximum Gasteiger partial charge on any atom is 0.244 e. The number of benzene rings is 1. The number of methoxy groups -OCH3 is 1. The number of hydrogen-bond acceptors (Lipinski definition) is 3. The van der Waals surface area contributed by atoms with Crippen LogP contribution in [0, 0.1) is 6.92 Å². The van der Waals surface area contributed by atoms with E-state index in [9.17, 15) is 4.79 Å². The van der Waals surface area contributed by atoms with E-state index in [1.54, 1.807) is 20.1 Å². The number of nitrogens with one attached hydrogen (secondary N) is 1. The molecule has 0 radical (unpaired) electrons. The van der Waals surface area contributed by atoms with Crippen molar-refractivity contribution in [1.82, 2.24) is 5.32 Å². The van der Waals surface area contributed by atoms with Crippen LogP contribution in [0.15, 0.2) is 24.3 Å². The summed E-state index contributed by atoms with van der Waals surface area (Å²) in [6, 6.07) is 5.51. The molecular weight excluding hydrogens is 230 g/mol. The lowest BCUT2D eigenvalue weighted by Crippen LogP contribution is -2.33. The zero-order valence-corrected chi connectivity index (χ0v) is 10.9. The number of hydrogen-bond donors (Lipinski definition) is 2. The van der Waals surface area contributed by atoms with Gasteiger partial charge in [0.1, 0.15) is 5.75 Å². The van der Waals surface area contributed by atoms with Gasteiger partial charge in [0.05, 0.1) is 13.7 Å². The van der Waals surface area contributed by atoms with Gasteiger partial charge in [-0.25, -0.2) is 0 Å². The van der Waals surface area contributed by atoms with Gasteiger partial charge >= 0.3 is 0 Å². The molecule has 98 valence electrons. The molecule has 4 heteroatoms. The highest BCUT2D eigenvalue weighted by Crippen LogP contribution is 2.20. The summed E-state index contributed by atoms with van der Waals surface area (Å²) in [4.78, 5) is 11.5. The summed E-state index contributed by atoms with van der Waals surface area (Å²) in [6.07, 6.45) is 3.13. The number of ether oxygens (including phenoxy) is 1. The van der Waals surface area contributed by atoms with E-state index >= 15 is 0 Å². The lowest BCUT2D eigenvalue weighted by molar-refractivity contribution is -0.117. The van der Waals surface area contributed by atoms with Crippen molar-refractivity contribution in [1.29, 1.82) is 0 Å². The van der Waals surface area contributed by atoms with Gasteiger partial charge in [-0.05, 0) is 32.1 Å². The first-order valence-electron chi connectivity index (χ1n) is 5.81. The Bertz CT molecular complexity index is 441. The van der Waals surface area contributed by atoms with E-state index in [4.69, 9.17) is 9.84 Å². The first-order valence-corrected chi connectivity index (χ1v) is 5.81. The van der Waals surface area contributed by atoms with Crippen LogP contribution in [0.1, 0.15) is 18.1 Å². The molecule has 0 bridgehead atoms. The summed E-state index contributed by atoms with van der Waals surface area (Å²) in [5.74, 6) is 0.486. The van der Waals surface area contributed by atoms with Crippen molar-refractivity contribution in [2.24, 2.45) is 0 Å². The number of rotatable bonds is 5. The maximum absolute atomic E-state index is 11.5. The quantitative estimate of drug-likeness (QED) is 0.778. The highest BCUT2D eigenvalue weighted by Gasteiger charge is 2.03. The van der Waals surface area contributed by atoms with Crippen molar-refractivity contribution in [3.8, 4) is 5.75 Å². The van der Waals surface area contributed by atoms with Crippen LogP contribution in [0.3, 0.4) is 0 Å². The second-order valence-corrected chi connectivity index (χ2v) is 4.17. The van der Waals surface area contributed by atoms with Crippen LogP contribution in [-0.4, -0.2) is 30.8 Å².